The maximum Gasteiger partial charge on any atom is 0.0316 e. The summed E-state index contributed by atoms with van der Waals surface area (Å²) in [4.78, 5) is 0. The molecule has 0 bridgehead atoms. The van der Waals surface area contributed by atoms with Crippen molar-refractivity contribution in [2.24, 2.45) is 11.7 Å². The van der Waals surface area contributed by atoms with Gasteiger partial charge in [0, 0.05) is 11.4 Å². The molecule has 78 valence electrons. The van der Waals surface area contributed by atoms with Gasteiger partial charge in [0.2, 0.25) is 0 Å². The molecule has 0 aliphatic heterocycles. The molecule has 15 heavy (non-hydrogen) atoms. The van der Waals surface area contributed by atoms with E-state index in [0.717, 1.165) is 24.2 Å². The predicted molar refractivity (Wildman–Crippen MR) is 64.1 cm³/mol. The van der Waals surface area contributed by atoms with Crippen LogP contribution in [0.4, 0.5) is 5.69 Å². The fraction of sp³-hybridized carbons (Fsp3) is 0.231. The number of nitrogens with two attached hydrogens (primary N) is 2. The Morgan fingerprint density at radius 3 is 2.87 bits per heavy atom. The first-order valence-corrected chi connectivity index (χ1v) is 5.21. The van der Waals surface area contributed by atoms with Crippen molar-refractivity contribution in [1.29, 1.82) is 0 Å². The minimum atomic E-state index is 0.511. The Hall–Kier alpha value is -1.70. The quantitative estimate of drug-likeness (QED) is 0.719. The summed E-state index contributed by atoms with van der Waals surface area (Å²) in [5.41, 5.74) is 14.6. The van der Waals surface area contributed by atoms with Gasteiger partial charge in [-0.3, -0.25) is 0 Å². The molecule has 0 saturated heterocycles. The zero-order valence-electron chi connectivity index (χ0n) is 8.69. The van der Waals surface area contributed by atoms with Crippen LogP contribution < -0.4 is 11.5 Å². The van der Waals surface area contributed by atoms with E-state index < -0.39 is 0 Å². The van der Waals surface area contributed by atoms with Crippen molar-refractivity contribution in [3.63, 3.8) is 0 Å². The molecule has 0 amide bonds. The highest BCUT2D eigenvalue weighted by molar-refractivity contribution is 5.41. The number of benzene rings is 1. The SMILES string of the molecule is NC1=CC=CC(Cc2cccc(N)c2)C1. The van der Waals surface area contributed by atoms with Gasteiger partial charge in [-0.25, -0.2) is 0 Å². The average molecular weight is 200 g/mol. The van der Waals surface area contributed by atoms with Gasteiger partial charge in [-0.15, -0.1) is 0 Å². The van der Waals surface area contributed by atoms with Crippen LogP contribution in [0.5, 0.6) is 0 Å². The number of hydrogen-bond donors (Lipinski definition) is 2. The van der Waals surface area contributed by atoms with Gasteiger partial charge in [-0.1, -0.05) is 24.3 Å². The summed E-state index contributed by atoms with van der Waals surface area (Å²) >= 11 is 0. The van der Waals surface area contributed by atoms with Gasteiger partial charge in [-0.2, -0.15) is 0 Å². The fourth-order valence-corrected chi connectivity index (χ4v) is 1.94. The molecule has 1 aromatic carbocycles. The smallest absolute Gasteiger partial charge is 0.0316 e. The zero-order valence-corrected chi connectivity index (χ0v) is 8.69. The van der Waals surface area contributed by atoms with Crippen molar-refractivity contribution >= 4 is 5.69 Å². The molecule has 0 saturated carbocycles. The summed E-state index contributed by atoms with van der Waals surface area (Å²) in [6, 6.07) is 8.05. The van der Waals surface area contributed by atoms with Gasteiger partial charge in [-0.05, 0) is 42.5 Å². The molecule has 0 aromatic heterocycles. The van der Waals surface area contributed by atoms with Crippen LogP contribution in [-0.4, -0.2) is 0 Å². The topological polar surface area (TPSA) is 52.0 Å². The monoisotopic (exact) mass is 200 g/mol. The van der Waals surface area contributed by atoms with Crippen LogP contribution in [0, 0.1) is 5.92 Å². The molecule has 0 radical (unpaired) electrons. The molecule has 2 nitrogen and oxygen atoms in total. The van der Waals surface area contributed by atoms with E-state index in [0.29, 0.717) is 5.92 Å². The van der Waals surface area contributed by atoms with E-state index in [9.17, 15) is 0 Å². The minimum Gasteiger partial charge on any atom is -0.402 e. The molecule has 4 N–H and O–H groups in total. The second kappa shape index (κ2) is 4.22. The van der Waals surface area contributed by atoms with Gasteiger partial charge in [0.25, 0.3) is 0 Å². The Labute approximate surface area is 90.3 Å². The lowest BCUT2D eigenvalue weighted by atomic mass is 9.91. The lowest BCUT2D eigenvalue weighted by Gasteiger charge is -2.16. The maximum absolute atomic E-state index is 5.79. The zero-order chi connectivity index (χ0) is 10.7. The summed E-state index contributed by atoms with van der Waals surface area (Å²) in [5.74, 6) is 0.511. The van der Waals surface area contributed by atoms with Crippen LogP contribution in [0.25, 0.3) is 0 Å². The van der Waals surface area contributed by atoms with Crippen LogP contribution in [0.3, 0.4) is 0 Å². The Kier molecular flexibility index (Phi) is 2.77. The van der Waals surface area contributed by atoms with Gasteiger partial charge in [0.1, 0.15) is 0 Å². The van der Waals surface area contributed by atoms with Crippen LogP contribution in [0.15, 0.2) is 48.2 Å². The minimum absolute atomic E-state index is 0.511. The third kappa shape index (κ3) is 2.62. The standard InChI is InChI=1S/C13H16N2/c14-12-5-1-3-10(8-12)7-11-4-2-6-13(15)9-11/h1-6,8,11H,7,9,14-15H2. The van der Waals surface area contributed by atoms with Crippen molar-refractivity contribution in [3.05, 3.63) is 53.8 Å². The van der Waals surface area contributed by atoms with Gasteiger partial charge < -0.3 is 11.5 Å². The first-order chi connectivity index (χ1) is 7.24. The van der Waals surface area contributed by atoms with Crippen LogP contribution in [-0.2, 0) is 6.42 Å². The fourth-order valence-electron chi connectivity index (χ4n) is 1.94. The molecule has 2 rings (SSSR count). The number of rotatable bonds is 2. The average Bonchev–Trinajstić information content (AvgIpc) is 2.17. The van der Waals surface area contributed by atoms with E-state index in [2.05, 4.69) is 12.1 Å². The third-order valence-corrected chi connectivity index (χ3v) is 2.64. The third-order valence-electron chi connectivity index (χ3n) is 2.64. The lowest BCUT2D eigenvalue weighted by Crippen LogP contribution is -2.10. The molecular weight excluding hydrogens is 184 g/mol. The lowest BCUT2D eigenvalue weighted by molar-refractivity contribution is 0.629. The second-order valence-electron chi connectivity index (χ2n) is 4.04. The van der Waals surface area contributed by atoms with Gasteiger partial charge in [0.05, 0.1) is 0 Å². The molecule has 1 aliphatic rings. The number of anilines is 1. The van der Waals surface area contributed by atoms with Crippen molar-refractivity contribution < 1.29 is 0 Å². The van der Waals surface area contributed by atoms with Gasteiger partial charge in [0.15, 0.2) is 0 Å². The van der Waals surface area contributed by atoms with Crippen molar-refractivity contribution in [1.82, 2.24) is 0 Å². The Morgan fingerprint density at radius 2 is 2.13 bits per heavy atom. The number of hydrogen-bond acceptors (Lipinski definition) is 2. The molecule has 1 aliphatic carbocycles. The molecule has 1 atom stereocenters. The van der Waals surface area contributed by atoms with E-state index in [-0.39, 0.29) is 0 Å². The van der Waals surface area contributed by atoms with Gasteiger partial charge >= 0.3 is 0 Å². The maximum atomic E-state index is 5.79. The largest absolute Gasteiger partial charge is 0.402 e. The first kappa shape index (κ1) is 9.84. The Morgan fingerprint density at radius 1 is 1.27 bits per heavy atom. The van der Waals surface area contributed by atoms with E-state index >= 15 is 0 Å². The summed E-state index contributed by atoms with van der Waals surface area (Å²) in [6.07, 6.45) is 8.17. The van der Waals surface area contributed by atoms with E-state index in [1.807, 2.05) is 30.4 Å². The summed E-state index contributed by atoms with van der Waals surface area (Å²) < 4.78 is 0. The van der Waals surface area contributed by atoms with Crippen molar-refractivity contribution in [2.75, 3.05) is 5.73 Å². The molecule has 0 spiro atoms. The highest BCUT2D eigenvalue weighted by Crippen LogP contribution is 2.20. The van der Waals surface area contributed by atoms with Crippen molar-refractivity contribution in [2.45, 2.75) is 12.8 Å². The molecule has 2 heteroatoms. The summed E-state index contributed by atoms with van der Waals surface area (Å²) in [6.45, 7) is 0. The van der Waals surface area contributed by atoms with Crippen LogP contribution in [0.1, 0.15) is 12.0 Å². The molecular formula is C13H16N2. The normalized spacial score (nSPS) is 20.0. The van der Waals surface area contributed by atoms with E-state index in [1.165, 1.54) is 5.56 Å². The highest BCUT2D eigenvalue weighted by Gasteiger charge is 2.10. The van der Waals surface area contributed by atoms with E-state index in [4.69, 9.17) is 11.5 Å². The number of nitrogen functional groups attached to an aromatic ring is 1. The van der Waals surface area contributed by atoms with Crippen LogP contribution in [0.2, 0.25) is 0 Å². The van der Waals surface area contributed by atoms with Crippen molar-refractivity contribution in [3.8, 4) is 0 Å². The Balaban J connectivity index is 2.04. The predicted octanol–water partition coefficient (Wildman–Crippen LogP) is 2.23. The Bertz CT molecular complexity index is 405. The summed E-state index contributed by atoms with van der Waals surface area (Å²) in [7, 11) is 0. The first-order valence-electron chi connectivity index (χ1n) is 5.21. The second-order valence-corrected chi connectivity index (χ2v) is 4.04. The highest BCUT2D eigenvalue weighted by atomic mass is 14.6. The summed E-state index contributed by atoms with van der Waals surface area (Å²) in [5, 5.41) is 0. The van der Waals surface area contributed by atoms with Crippen LogP contribution >= 0.6 is 0 Å². The molecule has 0 heterocycles. The van der Waals surface area contributed by atoms with E-state index in [1.54, 1.807) is 0 Å². The molecule has 0 fully saturated rings. The number of allylic oxidation sites excluding steroid dienone is 4. The molecule has 1 unspecified atom stereocenters. The molecule has 1 aromatic rings.